The lowest BCUT2D eigenvalue weighted by Crippen LogP contribution is -2.50. The van der Waals surface area contributed by atoms with Gasteiger partial charge in [-0.3, -0.25) is 14.6 Å². The van der Waals surface area contributed by atoms with Gasteiger partial charge in [0.25, 0.3) is 5.91 Å². The Kier molecular flexibility index (Phi) is 9.37. The number of carbonyl (C=O) groups excluding carboxylic acids is 2. The van der Waals surface area contributed by atoms with Crippen molar-refractivity contribution in [2.45, 2.75) is 25.1 Å². The summed E-state index contributed by atoms with van der Waals surface area (Å²) in [5.41, 5.74) is 6.56. The van der Waals surface area contributed by atoms with Crippen molar-refractivity contribution in [1.82, 2.24) is 15.5 Å². The highest BCUT2D eigenvalue weighted by atomic mass is 127. The van der Waals surface area contributed by atoms with Crippen molar-refractivity contribution in [3.63, 3.8) is 0 Å². The quantitative estimate of drug-likeness (QED) is 0.320. The first-order chi connectivity index (χ1) is 12.3. The van der Waals surface area contributed by atoms with Crippen LogP contribution in [0.4, 0.5) is 0 Å². The first-order valence-corrected chi connectivity index (χ1v) is 9.54. The molecule has 0 unspecified atom stereocenters. The average molecular weight is 505 g/mol. The molecule has 1 saturated heterocycles. The predicted octanol–water partition coefficient (Wildman–Crippen LogP) is 1.42. The minimum atomic E-state index is -0.565. The van der Waals surface area contributed by atoms with Crippen molar-refractivity contribution >= 4 is 53.5 Å². The summed E-state index contributed by atoms with van der Waals surface area (Å²) in [5, 5.41) is 5.86. The van der Waals surface area contributed by atoms with Gasteiger partial charge in [0.15, 0.2) is 5.96 Å². The molecular weight excluding hydrogens is 477 g/mol. The van der Waals surface area contributed by atoms with E-state index in [0.29, 0.717) is 12.1 Å². The van der Waals surface area contributed by atoms with Crippen LogP contribution in [0.3, 0.4) is 0 Å². The summed E-state index contributed by atoms with van der Waals surface area (Å²) in [4.78, 5) is 29.3. The molecule has 7 nitrogen and oxygen atoms in total. The minimum Gasteiger partial charge on any atom is -0.368 e. The Balaban J connectivity index is 0.00000364. The number of thioether (sulfide) groups is 1. The van der Waals surface area contributed by atoms with E-state index in [0.717, 1.165) is 30.4 Å². The monoisotopic (exact) mass is 505 g/mol. The topological polar surface area (TPSA) is 99.8 Å². The number of hydrogen-bond acceptors (Lipinski definition) is 4. The van der Waals surface area contributed by atoms with Crippen molar-refractivity contribution in [1.29, 1.82) is 0 Å². The van der Waals surface area contributed by atoms with Gasteiger partial charge in [0, 0.05) is 42.7 Å². The second-order valence-electron chi connectivity index (χ2n) is 6.78. The molecule has 0 aliphatic carbocycles. The standard InChI is InChI=1S/C18H27N5O2S.HI/c1-18(2)12-23(8-9-26-18)17(20-3)22-10-13-4-6-14(7-5-13)16(25)21-11-15(19)24;/h4-7H,8-12H2,1-3H3,(H2,19,24)(H,20,22)(H,21,25);1H. The predicted molar refractivity (Wildman–Crippen MR) is 122 cm³/mol. The van der Waals surface area contributed by atoms with Gasteiger partial charge in [0.05, 0.1) is 6.54 Å². The Labute approximate surface area is 181 Å². The molecule has 0 spiro atoms. The smallest absolute Gasteiger partial charge is 0.251 e. The van der Waals surface area contributed by atoms with Crippen molar-refractivity contribution in [3.8, 4) is 0 Å². The second kappa shape index (κ2) is 10.7. The molecule has 1 aromatic carbocycles. The van der Waals surface area contributed by atoms with Crippen LogP contribution < -0.4 is 16.4 Å². The maximum Gasteiger partial charge on any atom is 0.251 e. The summed E-state index contributed by atoms with van der Waals surface area (Å²) in [7, 11) is 1.79. The van der Waals surface area contributed by atoms with E-state index in [9.17, 15) is 9.59 Å². The normalized spacial score (nSPS) is 16.3. The number of primary amides is 1. The van der Waals surface area contributed by atoms with Gasteiger partial charge in [-0.15, -0.1) is 24.0 Å². The molecule has 1 aliphatic heterocycles. The molecule has 150 valence electrons. The van der Waals surface area contributed by atoms with Crippen molar-refractivity contribution in [2.75, 3.05) is 32.4 Å². The number of rotatable bonds is 5. The molecule has 2 amide bonds. The molecule has 0 bridgehead atoms. The molecule has 4 N–H and O–H groups in total. The van der Waals surface area contributed by atoms with Crippen LogP contribution in [-0.4, -0.2) is 59.9 Å². The Morgan fingerprint density at radius 2 is 1.93 bits per heavy atom. The first-order valence-electron chi connectivity index (χ1n) is 8.56. The van der Waals surface area contributed by atoms with E-state index < -0.39 is 5.91 Å². The lowest BCUT2D eigenvalue weighted by atomic mass is 10.1. The van der Waals surface area contributed by atoms with Crippen molar-refractivity contribution < 1.29 is 9.59 Å². The van der Waals surface area contributed by atoms with E-state index >= 15 is 0 Å². The summed E-state index contributed by atoms with van der Waals surface area (Å²) >= 11 is 1.99. The van der Waals surface area contributed by atoms with Crippen LogP contribution in [-0.2, 0) is 11.3 Å². The number of aliphatic imine (C=N–C) groups is 1. The fourth-order valence-electron chi connectivity index (χ4n) is 2.75. The molecule has 27 heavy (non-hydrogen) atoms. The zero-order valence-electron chi connectivity index (χ0n) is 15.9. The van der Waals surface area contributed by atoms with E-state index in [4.69, 9.17) is 5.73 Å². The SMILES string of the molecule is CN=C(NCc1ccc(C(=O)NCC(N)=O)cc1)N1CCSC(C)(C)C1.I. The van der Waals surface area contributed by atoms with Gasteiger partial charge in [-0.1, -0.05) is 12.1 Å². The van der Waals surface area contributed by atoms with Crippen LogP contribution in [0.25, 0.3) is 0 Å². The van der Waals surface area contributed by atoms with Gasteiger partial charge >= 0.3 is 0 Å². The molecule has 0 aromatic heterocycles. The molecule has 2 rings (SSSR count). The van der Waals surface area contributed by atoms with Gasteiger partial charge in [-0.05, 0) is 31.5 Å². The van der Waals surface area contributed by atoms with Crippen LogP contribution in [0.15, 0.2) is 29.3 Å². The maximum absolute atomic E-state index is 11.9. The zero-order chi connectivity index (χ0) is 19.2. The van der Waals surface area contributed by atoms with Crippen molar-refractivity contribution in [2.24, 2.45) is 10.7 Å². The number of benzene rings is 1. The number of nitrogens with two attached hydrogens (primary N) is 1. The molecular formula is C18H28IN5O2S. The Morgan fingerprint density at radius 3 is 2.48 bits per heavy atom. The Morgan fingerprint density at radius 1 is 1.26 bits per heavy atom. The third-order valence-corrected chi connectivity index (χ3v) is 5.32. The number of halogens is 1. The van der Waals surface area contributed by atoms with E-state index in [1.807, 2.05) is 23.9 Å². The molecule has 1 aromatic rings. The third kappa shape index (κ3) is 7.57. The second-order valence-corrected chi connectivity index (χ2v) is 8.58. The number of guanidine groups is 1. The van der Waals surface area contributed by atoms with Crippen LogP contribution >= 0.6 is 35.7 Å². The molecule has 0 saturated carbocycles. The van der Waals surface area contributed by atoms with E-state index in [1.165, 1.54) is 0 Å². The van der Waals surface area contributed by atoms with Gasteiger partial charge < -0.3 is 21.3 Å². The number of carbonyl (C=O) groups is 2. The molecule has 1 fully saturated rings. The highest BCUT2D eigenvalue weighted by molar-refractivity contribution is 14.0. The third-order valence-electron chi connectivity index (χ3n) is 4.03. The van der Waals surface area contributed by atoms with Crippen LogP contribution in [0.1, 0.15) is 29.8 Å². The fraction of sp³-hybridized carbons (Fsp3) is 0.500. The number of nitrogens with one attached hydrogen (secondary N) is 2. The summed E-state index contributed by atoms with van der Waals surface area (Å²) in [6.07, 6.45) is 0. The first kappa shape index (κ1) is 23.5. The van der Waals surface area contributed by atoms with Crippen LogP contribution in [0.5, 0.6) is 0 Å². The Hall–Kier alpha value is -1.49. The zero-order valence-corrected chi connectivity index (χ0v) is 19.1. The maximum atomic E-state index is 11.9. The van der Waals surface area contributed by atoms with Gasteiger partial charge in [-0.2, -0.15) is 11.8 Å². The van der Waals surface area contributed by atoms with E-state index in [2.05, 4.69) is 34.4 Å². The van der Waals surface area contributed by atoms with Crippen LogP contribution in [0.2, 0.25) is 0 Å². The van der Waals surface area contributed by atoms with E-state index in [1.54, 1.807) is 19.2 Å². The number of hydrogen-bond donors (Lipinski definition) is 3. The fourth-order valence-corrected chi connectivity index (χ4v) is 3.87. The molecule has 0 radical (unpaired) electrons. The summed E-state index contributed by atoms with van der Waals surface area (Å²) in [6, 6.07) is 7.23. The summed E-state index contributed by atoms with van der Waals surface area (Å²) in [6.45, 7) is 6.89. The molecule has 1 heterocycles. The van der Waals surface area contributed by atoms with Gasteiger partial charge in [0.1, 0.15) is 0 Å². The molecule has 1 aliphatic rings. The summed E-state index contributed by atoms with van der Waals surface area (Å²) in [5.74, 6) is 1.10. The molecule has 9 heteroatoms. The number of amides is 2. The summed E-state index contributed by atoms with van der Waals surface area (Å²) < 4.78 is 0.218. The highest BCUT2D eigenvalue weighted by Gasteiger charge is 2.28. The van der Waals surface area contributed by atoms with Gasteiger partial charge in [0.2, 0.25) is 5.91 Å². The Bertz CT molecular complexity index is 679. The van der Waals surface area contributed by atoms with Crippen molar-refractivity contribution in [3.05, 3.63) is 35.4 Å². The van der Waals surface area contributed by atoms with Crippen LogP contribution in [0, 0.1) is 0 Å². The van der Waals surface area contributed by atoms with Gasteiger partial charge in [-0.25, -0.2) is 0 Å². The van der Waals surface area contributed by atoms with E-state index in [-0.39, 0.29) is 41.2 Å². The lowest BCUT2D eigenvalue weighted by Gasteiger charge is -2.39. The lowest BCUT2D eigenvalue weighted by molar-refractivity contribution is -0.117. The minimum absolute atomic E-state index is 0. The number of nitrogens with zero attached hydrogens (tertiary/aromatic N) is 2. The molecule has 0 atom stereocenters. The largest absolute Gasteiger partial charge is 0.368 e. The highest BCUT2D eigenvalue weighted by Crippen LogP contribution is 2.29. The average Bonchev–Trinajstić information content (AvgIpc) is 2.60.